The van der Waals surface area contributed by atoms with Crippen LogP contribution in [0.2, 0.25) is 0 Å². The van der Waals surface area contributed by atoms with Crippen LogP contribution >= 0.6 is 0 Å². The maximum Gasteiger partial charge on any atom is 0.303 e. The van der Waals surface area contributed by atoms with Gasteiger partial charge in [0, 0.05) is 18.5 Å². The van der Waals surface area contributed by atoms with Crippen LogP contribution < -0.4 is 5.32 Å². The van der Waals surface area contributed by atoms with E-state index in [0.717, 1.165) is 6.42 Å². The molecule has 0 heterocycles. The Balaban J connectivity index is 2.31. The van der Waals surface area contributed by atoms with Gasteiger partial charge in [0.2, 0.25) is 0 Å². The van der Waals surface area contributed by atoms with E-state index < -0.39 is 11.8 Å². The summed E-state index contributed by atoms with van der Waals surface area (Å²) in [5, 5.41) is 20.4. The second-order valence-electron chi connectivity index (χ2n) is 4.89. The Morgan fingerprint density at radius 2 is 2.25 bits per heavy atom. The van der Waals surface area contributed by atoms with Crippen molar-refractivity contribution in [2.24, 2.45) is 5.92 Å². The van der Waals surface area contributed by atoms with Gasteiger partial charge < -0.3 is 10.4 Å². The molecule has 0 bridgehead atoms. The van der Waals surface area contributed by atoms with Gasteiger partial charge in [-0.1, -0.05) is 19.1 Å². The predicted molar refractivity (Wildman–Crippen MR) is 73.5 cm³/mol. The van der Waals surface area contributed by atoms with Crippen LogP contribution in [0.5, 0.6) is 0 Å². The van der Waals surface area contributed by atoms with E-state index in [2.05, 4.69) is 5.32 Å². The van der Waals surface area contributed by atoms with E-state index in [-0.39, 0.29) is 12.0 Å². The quantitative estimate of drug-likeness (QED) is 0.717. The highest BCUT2D eigenvalue weighted by molar-refractivity contribution is 5.66. The Labute approximate surface area is 118 Å². The molecule has 2 N–H and O–H groups in total. The first-order valence-corrected chi connectivity index (χ1v) is 6.64. The van der Waals surface area contributed by atoms with Crippen LogP contribution in [0.4, 0.5) is 4.39 Å². The number of hydrogen-bond donors (Lipinski definition) is 2. The molecule has 4 nitrogen and oxygen atoms in total. The minimum absolute atomic E-state index is 0.0547. The summed E-state index contributed by atoms with van der Waals surface area (Å²) >= 11 is 0. The van der Waals surface area contributed by atoms with Crippen molar-refractivity contribution in [1.82, 2.24) is 5.32 Å². The molecule has 0 spiro atoms. The Hall–Kier alpha value is -1.93. The number of halogens is 1. The maximum absolute atomic E-state index is 13.7. The van der Waals surface area contributed by atoms with Crippen molar-refractivity contribution in [1.29, 1.82) is 5.26 Å². The summed E-state index contributed by atoms with van der Waals surface area (Å²) in [5.74, 6) is -0.935. The summed E-state index contributed by atoms with van der Waals surface area (Å²) in [5.41, 5.74) is 0.529. The average Bonchev–Trinajstić information content (AvgIpc) is 2.43. The van der Waals surface area contributed by atoms with E-state index in [1.165, 1.54) is 6.07 Å². The van der Waals surface area contributed by atoms with Crippen LogP contribution in [0, 0.1) is 23.1 Å². The summed E-state index contributed by atoms with van der Waals surface area (Å²) in [4.78, 5) is 10.4. The molecule has 0 aliphatic carbocycles. The van der Waals surface area contributed by atoms with Crippen LogP contribution in [0.15, 0.2) is 18.2 Å². The van der Waals surface area contributed by atoms with E-state index >= 15 is 0 Å². The lowest BCUT2D eigenvalue weighted by molar-refractivity contribution is -0.137. The highest BCUT2D eigenvalue weighted by Gasteiger charge is 2.08. The van der Waals surface area contributed by atoms with E-state index in [1.807, 2.05) is 13.0 Å². The number of nitrogens with zero attached hydrogens (tertiary/aromatic N) is 1. The molecule has 1 aromatic carbocycles. The SMILES string of the molecule is CC(CCNCc1cccc(C#N)c1F)CCC(=O)O. The highest BCUT2D eigenvalue weighted by atomic mass is 19.1. The zero-order valence-corrected chi connectivity index (χ0v) is 11.5. The van der Waals surface area contributed by atoms with Gasteiger partial charge >= 0.3 is 5.97 Å². The first-order valence-electron chi connectivity index (χ1n) is 6.64. The molecule has 1 unspecified atom stereocenters. The number of hydrogen-bond acceptors (Lipinski definition) is 3. The Bertz CT molecular complexity index is 497. The zero-order chi connectivity index (χ0) is 15.0. The van der Waals surface area contributed by atoms with Gasteiger partial charge in [0.05, 0.1) is 5.56 Å². The Morgan fingerprint density at radius 1 is 1.50 bits per heavy atom. The van der Waals surface area contributed by atoms with Gasteiger partial charge in [-0.25, -0.2) is 4.39 Å². The third-order valence-corrected chi connectivity index (χ3v) is 3.18. The monoisotopic (exact) mass is 278 g/mol. The fraction of sp³-hybridized carbons (Fsp3) is 0.467. The van der Waals surface area contributed by atoms with Crippen LogP contribution in [0.1, 0.15) is 37.3 Å². The molecule has 0 aromatic heterocycles. The van der Waals surface area contributed by atoms with Crippen LogP contribution in [0.3, 0.4) is 0 Å². The van der Waals surface area contributed by atoms with Gasteiger partial charge in [-0.3, -0.25) is 4.79 Å². The summed E-state index contributed by atoms with van der Waals surface area (Å²) in [7, 11) is 0. The van der Waals surface area contributed by atoms with Crippen molar-refractivity contribution in [2.75, 3.05) is 6.54 Å². The number of carboxylic acids is 1. The van der Waals surface area contributed by atoms with Gasteiger partial charge in [0.15, 0.2) is 0 Å². The van der Waals surface area contributed by atoms with Crippen molar-refractivity contribution in [3.63, 3.8) is 0 Å². The molecule has 0 radical (unpaired) electrons. The number of rotatable bonds is 8. The van der Waals surface area contributed by atoms with Gasteiger partial charge in [-0.05, 0) is 31.4 Å². The first-order chi connectivity index (χ1) is 9.54. The number of carbonyl (C=O) groups is 1. The standard InChI is InChI=1S/C15H19FN2O2/c1-11(5-6-14(19)20)7-8-18-10-13-4-2-3-12(9-17)15(13)16/h2-4,11,18H,5-8,10H2,1H3,(H,19,20). The molecule has 20 heavy (non-hydrogen) atoms. The summed E-state index contributed by atoms with van der Waals surface area (Å²) in [6, 6.07) is 6.58. The van der Waals surface area contributed by atoms with Crippen molar-refractivity contribution in [3.8, 4) is 6.07 Å². The lowest BCUT2D eigenvalue weighted by atomic mass is 10.0. The van der Waals surface area contributed by atoms with Crippen LogP contribution in [0.25, 0.3) is 0 Å². The topological polar surface area (TPSA) is 73.1 Å². The molecule has 0 saturated heterocycles. The number of benzene rings is 1. The number of aliphatic carboxylic acids is 1. The van der Waals surface area contributed by atoms with Gasteiger partial charge in [0.25, 0.3) is 0 Å². The molecule has 5 heteroatoms. The van der Waals surface area contributed by atoms with Gasteiger partial charge in [0.1, 0.15) is 11.9 Å². The van der Waals surface area contributed by atoms with E-state index in [1.54, 1.807) is 12.1 Å². The first kappa shape index (κ1) is 16.1. The van der Waals surface area contributed by atoms with Crippen molar-refractivity contribution in [3.05, 3.63) is 35.1 Å². The highest BCUT2D eigenvalue weighted by Crippen LogP contribution is 2.12. The Kier molecular flexibility index (Phi) is 6.68. The molecule has 0 amide bonds. The smallest absolute Gasteiger partial charge is 0.303 e. The lowest BCUT2D eigenvalue weighted by Crippen LogP contribution is -2.18. The van der Waals surface area contributed by atoms with E-state index in [4.69, 9.17) is 10.4 Å². The minimum Gasteiger partial charge on any atom is -0.481 e. The fourth-order valence-electron chi connectivity index (χ4n) is 1.89. The number of nitrogens with one attached hydrogen (secondary N) is 1. The molecule has 1 atom stereocenters. The average molecular weight is 278 g/mol. The van der Waals surface area contributed by atoms with Crippen LogP contribution in [-0.2, 0) is 11.3 Å². The minimum atomic E-state index is -0.778. The van der Waals surface area contributed by atoms with Crippen molar-refractivity contribution in [2.45, 2.75) is 32.7 Å². The predicted octanol–water partition coefficient (Wildman–Crippen LogP) is 2.68. The maximum atomic E-state index is 13.7. The largest absolute Gasteiger partial charge is 0.481 e. The molecule has 0 fully saturated rings. The molecule has 1 rings (SSSR count). The van der Waals surface area contributed by atoms with E-state index in [0.29, 0.717) is 31.0 Å². The summed E-state index contributed by atoms with van der Waals surface area (Å²) < 4.78 is 13.7. The summed E-state index contributed by atoms with van der Waals surface area (Å²) in [6.07, 6.45) is 1.67. The molecule has 108 valence electrons. The second kappa shape index (κ2) is 8.28. The van der Waals surface area contributed by atoms with Gasteiger partial charge in [-0.15, -0.1) is 0 Å². The molecule has 0 aliphatic heterocycles. The normalized spacial score (nSPS) is 11.8. The molecular weight excluding hydrogens is 259 g/mol. The van der Waals surface area contributed by atoms with Gasteiger partial charge in [-0.2, -0.15) is 5.26 Å². The van der Waals surface area contributed by atoms with Crippen LogP contribution in [-0.4, -0.2) is 17.6 Å². The molecule has 0 aliphatic rings. The molecule has 0 saturated carbocycles. The van der Waals surface area contributed by atoms with E-state index in [9.17, 15) is 9.18 Å². The fourth-order valence-corrected chi connectivity index (χ4v) is 1.89. The number of nitriles is 1. The Morgan fingerprint density at radius 3 is 2.90 bits per heavy atom. The second-order valence-corrected chi connectivity index (χ2v) is 4.89. The third-order valence-electron chi connectivity index (χ3n) is 3.18. The van der Waals surface area contributed by atoms with Crippen molar-refractivity contribution >= 4 is 5.97 Å². The summed E-state index contributed by atoms with van der Waals surface area (Å²) in [6.45, 7) is 3.06. The lowest BCUT2D eigenvalue weighted by Gasteiger charge is -2.11. The molecular formula is C15H19FN2O2. The molecule has 1 aromatic rings. The number of carboxylic acid groups (broad SMARTS) is 1. The third kappa shape index (κ3) is 5.37. The van der Waals surface area contributed by atoms with Crippen molar-refractivity contribution < 1.29 is 14.3 Å². The zero-order valence-electron chi connectivity index (χ0n) is 11.5.